The van der Waals surface area contributed by atoms with Gasteiger partial charge in [0, 0.05) is 6.54 Å². The Balaban J connectivity index is 3.08. The van der Waals surface area contributed by atoms with Gasteiger partial charge < -0.3 is 4.90 Å². The number of allylic oxidation sites excluding steroid dienone is 1. The number of benzene rings is 1. The number of rotatable bonds is 5. The Labute approximate surface area is 131 Å². The first kappa shape index (κ1) is 18.8. The molecular weight excluding hydrogens is 287 g/mol. The van der Waals surface area contributed by atoms with Crippen molar-refractivity contribution in [2.45, 2.75) is 40.3 Å². The van der Waals surface area contributed by atoms with Crippen LogP contribution in [0.1, 0.15) is 37.5 Å². The number of hydrogen-bond donors (Lipinski definition) is 0. The number of nitrogens with zero attached hydrogens (tertiary/aromatic N) is 1. The molecule has 0 N–H and O–H groups in total. The monoisotopic (exact) mass is 313 g/mol. The van der Waals surface area contributed by atoms with E-state index in [9.17, 15) is 13.2 Å². The Bertz CT molecular complexity index is 540. The maximum atomic E-state index is 13.1. The molecular formula is C18H26F3N. The molecule has 0 aliphatic heterocycles. The lowest BCUT2D eigenvalue weighted by atomic mass is 9.84. The van der Waals surface area contributed by atoms with E-state index in [4.69, 9.17) is 0 Å². The summed E-state index contributed by atoms with van der Waals surface area (Å²) in [6.45, 7) is 7.24. The normalized spacial score (nSPS) is 13.8. The SMILES string of the molecule is C/C(=C\CN(C)C)c1cc(C)cc(CC(C)(C)C(F)(F)F)c1. The van der Waals surface area contributed by atoms with Crippen molar-refractivity contribution in [3.63, 3.8) is 0 Å². The van der Waals surface area contributed by atoms with Crippen molar-refractivity contribution in [3.05, 3.63) is 41.0 Å². The zero-order chi connectivity index (χ0) is 17.1. The van der Waals surface area contributed by atoms with E-state index in [1.807, 2.05) is 51.0 Å². The molecule has 1 aromatic carbocycles. The van der Waals surface area contributed by atoms with E-state index in [2.05, 4.69) is 6.08 Å². The molecule has 0 unspecified atom stereocenters. The molecule has 22 heavy (non-hydrogen) atoms. The standard InChI is InChI=1S/C18H26F3N/c1-13-9-15(12-17(3,4)18(19,20)21)11-16(10-13)14(2)7-8-22(5)6/h7,9-11H,8,12H2,1-6H3/b14-7+. The van der Waals surface area contributed by atoms with Gasteiger partial charge >= 0.3 is 6.18 Å². The van der Waals surface area contributed by atoms with E-state index in [1.54, 1.807) is 0 Å². The predicted octanol–water partition coefficient (Wildman–Crippen LogP) is 5.09. The first-order chi connectivity index (χ1) is 9.92. The van der Waals surface area contributed by atoms with Gasteiger partial charge in [-0.05, 0) is 51.1 Å². The van der Waals surface area contributed by atoms with Gasteiger partial charge in [-0.15, -0.1) is 0 Å². The smallest absolute Gasteiger partial charge is 0.306 e. The van der Waals surface area contributed by atoms with Crippen molar-refractivity contribution in [2.24, 2.45) is 5.41 Å². The van der Waals surface area contributed by atoms with Gasteiger partial charge in [0.05, 0.1) is 5.41 Å². The molecule has 0 spiro atoms. The van der Waals surface area contributed by atoms with Gasteiger partial charge in [0.2, 0.25) is 0 Å². The Hall–Kier alpha value is -1.29. The van der Waals surface area contributed by atoms with Crippen LogP contribution in [0.25, 0.3) is 5.57 Å². The van der Waals surface area contributed by atoms with E-state index in [-0.39, 0.29) is 6.42 Å². The highest BCUT2D eigenvalue weighted by Gasteiger charge is 2.46. The summed E-state index contributed by atoms with van der Waals surface area (Å²) in [5.41, 5.74) is 2.08. The van der Waals surface area contributed by atoms with Crippen LogP contribution < -0.4 is 0 Å². The summed E-state index contributed by atoms with van der Waals surface area (Å²) >= 11 is 0. The average molecular weight is 313 g/mol. The summed E-state index contributed by atoms with van der Waals surface area (Å²) in [4.78, 5) is 2.05. The third-order valence-corrected chi connectivity index (χ3v) is 3.77. The van der Waals surface area contributed by atoms with E-state index in [0.29, 0.717) is 0 Å². The largest absolute Gasteiger partial charge is 0.394 e. The third-order valence-electron chi connectivity index (χ3n) is 3.77. The minimum Gasteiger partial charge on any atom is -0.306 e. The van der Waals surface area contributed by atoms with Crippen LogP contribution in [0.3, 0.4) is 0 Å². The molecule has 124 valence electrons. The molecule has 0 aliphatic carbocycles. The van der Waals surface area contributed by atoms with Crippen molar-refractivity contribution >= 4 is 5.57 Å². The number of aryl methyl sites for hydroxylation is 1. The molecule has 4 heteroatoms. The Kier molecular flexibility index (Phi) is 5.85. The molecule has 0 radical (unpaired) electrons. The van der Waals surface area contributed by atoms with Gasteiger partial charge in [-0.25, -0.2) is 0 Å². The van der Waals surface area contributed by atoms with Crippen molar-refractivity contribution in [3.8, 4) is 0 Å². The van der Waals surface area contributed by atoms with Gasteiger partial charge in [-0.3, -0.25) is 0 Å². The molecule has 1 nitrogen and oxygen atoms in total. The summed E-state index contributed by atoms with van der Waals surface area (Å²) < 4.78 is 39.2. The zero-order valence-electron chi connectivity index (χ0n) is 14.3. The molecule has 0 heterocycles. The molecule has 0 atom stereocenters. The number of alkyl halides is 3. The maximum absolute atomic E-state index is 13.1. The number of halogens is 3. The zero-order valence-corrected chi connectivity index (χ0v) is 14.3. The first-order valence-corrected chi connectivity index (χ1v) is 7.41. The second kappa shape index (κ2) is 6.86. The molecule has 0 saturated carbocycles. The van der Waals surface area contributed by atoms with Crippen molar-refractivity contribution in [1.29, 1.82) is 0 Å². The number of hydrogen-bond acceptors (Lipinski definition) is 1. The van der Waals surface area contributed by atoms with Crippen molar-refractivity contribution in [1.82, 2.24) is 4.90 Å². The summed E-state index contributed by atoms with van der Waals surface area (Å²) in [5, 5.41) is 0. The quantitative estimate of drug-likeness (QED) is 0.732. The highest BCUT2D eigenvalue weighted by molar-refractivity contribution is 5.65. The minimum absolute atomic E-state index is 0.00780. The number of likely N-dealkylation sites (N-methyl/N-ethyl adjacent to an activating group) is 1. The average Bonchev–Trinajstić information content (AvgIpc) is 2.33. The first-order valence-electron chi connectivity index (χ1n) is 7.41. The van der Waals surface area contributed by atoms with Crippen LogP contribution in [0.2, 0.25) is 0 Å². The summed E-state index contributed by atoms with van der Waals surface area (Å²) in [5.74, 6) is 0. The molecule has 0 fully saturated rings. The van der Waals surface area contributed by atoms with Gasteiger partial charge in [0.25, 0.3) is 0 Å². The Morgan fingerprint density at radius 3 is 2.23 bits per heavy atom. The molecule has 0 bridgehead atoms. The molecule has 0 aliphatic rings. The third kappa shape index (κ3) is 5.16. The summed E-state index contributed by atoms with van der Waals surface area (Å²) in [7, 11) is 3.97. The highest BCUT2D eigenvalue weighted by Crippen LogP contribution is 2.40. The van der Waals surface area contributed by atoms with Crippen molar-refractivity contribution in [2.75, 3.05) is 20.6 Å². The molecule has 1 aromatic rings. The lowest BCUT2D eigenvalue weighted by Crippen LogP contribution is -2.34. The van der Waals surface area contributed by atoms with Crippen LogP contribution in [-0.4, -0.2) is 31.7 Å². The molecule has 0 saturated heterocycles. The molecule has 0 aromatic heterocycles. The van der Waals surface area contributed by atoms with Crippen LogP contribution in [-0.2, 0) is 6.42 Å². The second-order valence-electron chi connectivity index (χ2n) is 6.92. The second-order valence-corrected chi connectivity index (χ2v) is 6.92. The van der Waals surface area contributed by atoms with Crippen LogP contribution in [0.4, 0.5) is 13.2 Å². The fraction of sp³-hybridized carbons (Fsp3) is 0.556. The van der Waals surface area contributed by atoms with Gasteiger partial charge in [0.1, 0.15) is 0 Å². The van der Waals surface area contributed by atoms with Gasteiger partial charge in [0.15, 0.2) is 0 Å². The molecule has 0 amide bonds. The summed E-state index contributed by atoms with van der Waals surface area (Å²) in [6.07, 6.45) is -2.12. The predicted molar refractivity (Wildman–Crippen MR) is 86.9 cm³/mol. The van der Waals surface area contributed by atoms with Gasteiger partial charge in [-0.2, -0.15) is 13.2 Å². The highest BCUT2D eigenvalue weighted by atomic mass is 19.4. The van der Waals surface area contributed by atoms with E-state index in [1.165, 1.54) is 13.8 Å². The Morgan fingerprint density at radius 1 is 1.14 bits per heavy atom. The van der Waals surface area contributed by atoms with Gasteiger partial charge in [-0.1, -0.05) is 43.7 Å². The molecule has 1 rings (SSSR count). The summed E-state index contributed by atoms with van der Waals surface area (Å²) in [6, 6.07) is 5.74. The van der Waals surface area contributed by atoms with E-state index >= 15 is 0 Å². The van der Waals surface area contributed by atoms with E-state index in [0.717, 1.165) is 28.8 Å². The lowest BCUT2D eigenvalue weighted by Gasteiger charge is -2.28. The maximum Gasteiger partial charge on any atom is 0.394 e. The lowest BCUT2D eigenvalue weighted by molar-refractivity contribution is -0.211. The van der Waals surface area contributed by atoms with E-state index < -0.39 is 11.6 Å². The fourth-order valence-electron chi connectivity index (χ4n) is 2.24. The van der Waals surface area contributed by atoms with Crippen LogP contribution >= 0.6 is 0 Å². The Morgan fingerprint density at radius 2 is 1.73 bits per heavy atom. The van der Waals surface area contributed by atoms with Crippen LogP contribution in [0.15, 0.2) is 24.3 Å². The van der Waals surface area contributed by atoms with Crippen LogP contribution in [0.5, 0.6) is 0 Å². The fourth-order valence-corrected chi connectivity index (χ4v) is 2.24. The van der Waals surface area contributed by atoms with Crippen molar-refractivity contribution < 1.29 is 13.2 Å². The topological polar surface area (TPSA) is 3.24 Å². The van der Waals surface area contributed by atoms with Crippen LogP contribution in [0, 0.1) is 12.3 Å². The minimum atomic E-state index is -4.20.